The van der Waals surface area contributed by atoms with Gasteiger partial charge >= 0.3 is 0 Å². The molecule has 0 radical (unpaired) electrons. The number of ether oxygens (including phenoxy) is 1. The predicted molar refractivity (Wildman–Crippen MR) is 136 cm³/mol. The molecule has 2 aliphatic heterocycles. The van der Waals surface area contributed by atoms with E-state index < -0.39 is 0 Å². The SMILES string of the molecule is Cc1cccc(-n2c(C)cc([C@H]3[C@@H](c4ccccn4)NC(=S)N3C[C@@H]3CCCO3)c2C)c1C. The molecule has 3 atom stereocenters. The molecule has 2 fully saturated rings. The van der Waals surface area contributed by atoms with Gasteiger partial charge in [-0.25, -0.2) is 0 Å². The van der Waals surface area contributed by atoms with Crippen LogP contribution in [0.3, 0.4) is 0 Å². The molecule has 4 heterocycles. The van der Waals surface area contributed by atoms with Crippen molar-refractivity contribution < 1.29 is 4.74 Å². The molecular weight excluding hydrogens is 428 g/mol. The van der Waals surface area contributed by atoms with E-state index in [2.05, 4.69) is 72.8 Å². The number of hydrogen-bond acceptors (Lipinski definition) is 3. The van der Waals surface area contributed by atoms with Crippen LogP contribution in [-0.2, 0) is 4.74 Å². The quantitative estimate of drug-likeness (QED) is 0.526. The molecule has 2 aliphatic rings. The monoisotopic (exact) mass is 460 g/mol. The van der Waals surface area contributed by atoms with E-state index in [-0.39, 0.29) is 18.2 Å². The third-order valence-electron chi connectivity index (χ3n) is 7.23. The lowest BCUT2D eigenvalue weighted by Crippen LogP contribution is -2.36. The van der Waals surface area contributed by atoms with Crippen LogP contribution in [0.5, 0.6) is 0 Å². The van der Waals surface area contributed by atoms with Gasteiger partial charge in [0.2, 0.25) is 0 Å². The molecule has 0 bridgehead atoms. The van der Waals surface area contributed by atoms with Crippen LogP contribution in [0.2, 0.25) is 0 Å². The van der Waals surface area contributed by atoms with E-state index in [0.717, 1.165) is 36.8 Å². The van der Waals surface area contributed by atoms with Gasteiger partial charge in [-0.3, -0.25) is 4.98 Å². The van der Waals surface area contributed by atoms with Gasteiger partial charge in [0.1, 0.15) is 0 Å². The van der Waals surface area contributed by atoms with Crippen LogP contribution in [0.25, 0.3) is 5.69 Å². The molecule has 1 aromatic carbocycles. The summed E-state index contributed by atoms with van der Waals surface area (Å²) in [5.41, 5.74) is 8.62. The third kappa shape index (κ3) is 3.96. The topological polar surface area (TPSA) is 42.3 Å². The van der Waals surface area contributed by atoms with Crippen LogP contribution in [0.4, 0.5) is 0 Å². The first-order chi connectivity index (χ1) is 16.0. The van der Waals surface area contributed by atoms with Gasteiger partial charge < -0.3 is 19.5 Å². The Morgan fingerprint density at radius 2 is 1.97 bits per heavy atom. The Kier molecular flexibility index (Phi) is 5.97. The summed E-state index contributed by atoms with van der Waals surface area (Å²) in [5, 5.41) is 4.37. The normalized spacial score (nSPS) is 22.7. The molecule has 0 amide bonds. The zero-order chi connectivity index (χ0) is 23.1. The van der Waals surface area contributed by atoms with Crippen LogP contribution in [0, 0.1) is 27.7 Å². The van der Waals surface area contributed by atoms with Crippen molar-refractivity contribution >= 4 is 17.3 Å². The molecule has 33 heavy (non-hydrogen) atoms. The largest absolute Gasteiger partial charge is 0.376 e. The number of pyridine rings is 1. The molecule has 5 rings (SSSR count). The van der Waals surface area contributed by atoms with Gasteiger partial charge in [-0.2, -0.15) is 0 Å². The number of rotatable bonds is 5. The zero-order valence-corrected chi connectivity index (χ0v) is 20.7. The highest BCUT2D eigenvalue weighted by atomic mass is 32.1. The molecule has 0 saturated carbocycles. The minimum atomic E-state index is -0.00680. The van der Waals surface area contributed by atoms with Crippen LogP contribution >= 0.6 is 12.2 Å². The van der Waals surface area contributed by atoms with E-state index in [9.17, 15) is 0 Å². The van der Waals surface area contributed by atoms with Gasteiger partial charge in [0.25, 0.3) is 0 Å². The number of benzene rings is 1. The van der Waals surface area contributed by atoms with Crippen LogP contribution in [-0.4, -0.2) is 38.8 Å². The van der Waals surface area contributed by atoms with Crippen molar-refractivity contribution in [1.82, 2.24) is 19.8 Å². The summed E-state index contributed by atoms with van der Waals surface area (Å²) in [4.78, 5) is 7.03. The number of aromatic nitrogens is 2. The molecule has 1 N–H and O–H groups in total. The highest BCUT2D eigenvalue weighted by Crippen LogP contribution is 2.42. The van der Waals surface area contributed by atoms with Gasteiger partial charge in [0, 0.05) is 36.4 Å². The van der Waals surface area contributed by atoms with Crippen molar-refractivity contribution in [1.29, 1.82) is 0 Å². The number of hydrogen-bond donors (Lipinski definition) is 1. The van der Waals surface area contributed by atoms with Crippen molar-refractivity contribution in [2.75, 3.05) is 13.2 Å². The van der Waals surface area contributed by atoms with E-state index in [4.69, 9.17) is 21.9 Å². The fourth-order valence-electron chi connectivity index (χ4n) is 5.38. The minimum Gasteiger partial charge on any atom is -0.376 e. The Hall–Kier alpha value is -2.70. The summed E-state index contributed by atoms with van der Waals surface area (Å²) in [6.45, 7) is 10.4. The molecule has 6 heteroatoms. The molecule has 2 saturated heterocycles. The Balaban J connectivity index is 1.61. The summed E-state index contributed by atoms with van der Waals surface area (Å²) in [7, 11) is 0. The van der Waals surface area contributed by atoms with Crippen LogP contribution < -0.4 is 5.32 Å². The second-order valence-corrected chi connectivity index (χ2v) is 9.68. The van der Waals surface area contributed by atoms with E-state index in [1.54, 1.807) is 0 Å². The van der Waals surface area contributed by atoms with Gasteiger partial charge in [0.15, 0.2) is 5.11 Å². The van der Waals surface area contributed by atoms with E-state index in [0.29, 0.717) is 0 Å². The lowest BCUT2D eigenvalue weighted by atomic mass is 9.96. The maximum atomic E-state index is 6.00. The smallest absolute Gasteiger partial charge is 0.170 e. The molecule has 172 valence electrons. The second-order valence-electron chi connectivity index (χ2n) is 9.29. The summed E-state index contributed by atoms with van der Waals surface area (Å²) < 4.78 is 8.38. The van der Waals surface area contributed by atoms with E-state index in [1.807, 2.05) is 18.3 Å². The lowest BCUT2D eigenvalue weighted by Gasteiger charge is -2.30. The summed E-state index contributed by atoms with van der Waals surface area (Å²) in [6.07, 6.45) is 4.28. The predicted octanol–water partition coefficient (Wildman–Crippen LogP) is 5.26. The molecule has 0 aliphatic carbocycles. The van der Waals surface area contributed by atoms with Crippen molar-refractivity contribution in [3.63, 3.8) is 0 Å². The summed E-state index contributed by atoms with van der Waals surface area (Å²) in [5.74, 6) is 0. The summed E-state index contributed by atoms with van der Waals surface area (Å²) in [6, 6.07) is 15.0. The first kappa shape index (κ1) is 22.1. The zero-order valence-electron chi connectivity index (χ0n) is 19.8. The minimum absolute atomic E-state index is 0.00680. The molecule has 3 aromatic rings. The average Bonchev–Trinajstić information content (AvgIpc) is 3.51. The molecule has 5 nitrogen and oxygen atoms in total. The molecular formula is C27H32N4OS. The van der Waals surface area contributed by atoms with Gasteiger partial charge in [-0.15, -0.1) is 0 Å². The Bertz CT molecular complexity index is 1170. The van der Waals surface area contributed by atoms with Gasteiger partial charge in [-0.1, -0.05) is 18.2 Å². The Morgan fingerprint density at radius 1 is 1.12 bits per heavy atom. The van der Waals surface area contributed by atoms with Crippen LogP contribution in [0.15, 0.2) is 48.7 Å². The standard InChI is InChI=1S/C27H32N4OS/c1-17-9-7-12-24(19(17)3)31-18(2)15-22(20(31)4)26-25(23-11-5-6-13-28-23)29-27(33)30(26)16-21-10-8-14-32-21/h5-7,9,11-13,15,21,25-26H,8,10,14,16H2,1-4H3,(H,29,33)/t21-,25+,26-/m0/s1. The molecule has 0 unspecified atom stereocenters. The number of aryl methyl sites for hydroxylation is 2. The number of nitrogens with zero attached hydrogens (tertiary/aromatic N) is 3. The first-order valence-electron chi connectivity index (χ1n) is 11.8. The van der Waals surface area contributed by atoms with Gasteiger partial charge in [0.05, 0.1) is 23.9 Å². The van der Waals surface area contributed by atoms with Crippen molar-refractivity contribution in [3.05, 3.63) is 82.4 Å². The maximum Gasteiger partial charge on any atom is 0.170 e. The van der Waals surface area contributed by atoms with Crippen molar-refractivity contribution in [3.8, 4) is 5.69 Å². The fraction of sp³-hybridized carbons (Fsp3) is 0.407. The van der Waals surface area contributed by atoms with Gasteiger partial charge in [-0.05, 0) is 93.7 Å². The maximum absolute atomic E-state index is 6.00. The Labute approximate surface area is 201 Å². The second kappa shape index (κ2) is 8.92. The molecule has 2 aromatic heterocycles. The first-order valence-corrected chi connectivity index (χ1v) is 12.2. The Morgan fingerprint density at radius 3 is 2.70 bits per heavy atom. The molecule has 0 spiro atoms. The van der Waals surface area contributed by atoms with Crippen LogP contribution in [0.1, 0.15) is 58.7 Å². The van der Waals surface area contributed by atoms with E-state index >= 15 is 0 Å². The highest BCUT2D eigenvalue weighted by Gasteiger charge is 2.42. The van der Waals surface area contributed by atoms with E-state index in [1.165, 1.54) is 33.8 Å². The number of nitrogens with one attached hydrogen (secondary N) is 1. The third-order valence-corrected chi connectivity index (χ3v) is 7.58. The lowest BCUT2D eigenvalue weighted by molar-refractivity contribution is 0.0842. The number of thiocarbonyl (C=S) groups is 1. The average molecular weight is 461 g/mol. The highest BCUT2D eigenvalue weighted by molar-refractivity contribution is 7.80. The summed E-state index contributed by atoms with van der Waals surface area (Å²) >= 11 is 5.87. The fourth-order valence-corrected chi connectivity index (χ4v) is 5.70. The van der Waals surface area contributed by atoms with Crippen molar-refractivity contribution in [2.45, 2.75) is 58.7 Å². The van der Waals surface area contributed by atoms with Crippen molar-refractivity contribution in [2.24, 2.45) is 0 Å².